The van der Waals surface area contributed by atoms with Gasteiger partial charge in [0.1, 0.15) is 19.3 Å². The fourth-order valence-electron chi connectivity index (χ4n) is 11.4. The molecule has 0 aliphatic carbocycles. The number of unbranched alkanes of at least 4 members (excludes halogenated alkanes) is 38. The van der Waals surface area contributed by atoms with Crippen LogP contribution in [-0.2, 0) is 65.4 Å². The van der Waals surface area contributed by atoms with Gasteiger partial charge in [0.25, 0.3) is 0 Å². The zero-order valence-electron chi connectivity index (χ0n) is 63.0. The van der Waals surface area contributed by atoms with E-state index >= 15 is 0 Å². The highest BCUT2D eigenvalue weighted by atomic mass is 31.2. The number of carbonyl (C=O) groups excluding carboxylic acids is 4. The van der Waals surface area contributed by atoms with Gasteiger partial charge in [-0.2, -0.15) is 0 Å². The summed E-state index contributed by atoms with van der Waals surface area (Å²) >= 11 is 0. The van der Waals surface area contributed by atoms with Crippen molar-refractivity contribution in [1.82, 2.24) is 0 Å². The molecular formula is C78H148O17P2. The lowest BCUT2D eigenvalue weighted by atomic mass is 9.99. The van der Waals surface area contributed by atoms with Crippen LogP contribution in [0.15, 0.2) is 24.3 Å². The summed E-state index contributed by atoms with van der Waals surface area (Å²) in [6.45, 7) is 11.9. The van der Waals surface area contributed by atoms with E-state index in [0.29, 0.717) is 25.7 Å². The van der Waals surface area contributed by atoms with Gasteiger partial charge in [0.05, 0.1) is 26.4 Å². The summed E-state index contributed by atoms with van der Waals surface area (Å²) in [6.07, 6.45) is 57.5. The maximum absolute atomic E-state index is 13.1. The van der Waals surface area contributed by atoms with Crippen molar-refractivity contribution in [2.24, 2.45) is 17.8 Å². The summed E-state index contributed by atoms with van der Waals surface area (Å²) in [5, 5.41) is 10.6. The van der Waals surface area contributed by atoms with Crippen molar-refractivity contribution in [1.29, 1.82) is 0 Å². The Morgan fingerprint density at radius 2 is 0.608 bits per heavy atom. The molecule has 0 rings (SSSR count). The first kappa shape index (κ1) is 94.5. The van der Waals surface area contributed by atoms with Gasteiger partial charge >= 0.3 is 39.5 Å². The number of hydrogen-bond donors (Lipinski definition) is 3. The van der Waals surface area contributed by atoms with E-state index in [-0.39, 0.29) is 25.7 Å². The van der Waals surface area contributed by atoms with Crippen LogP contribution < -0.4 is 0 Å². The van der Waals surface area contributed by atoms with Gasteiger partial charge in [-0.15, -0.1) is 0 Å². The zero-order chi connectivity index (χ0) is 71.6. The minimum absolute atomic E-state index is 0.100. The zero-order valence-corrected chi connectivity index (χ0v) is 64.8. The van der Waals surface area contributed by atoms with Crippen LogP contribution in [0.1, 0.15) is 376 Å². The van der Waals surface area contributed by atoms with Crippen LogP contribution >= 0.6 is 15.6 Å². The molecule has 0 aromatic rings. The molecule has 17 nitrogen and oxygen atoms in total. The molecule has 0 spiro atoms. The molecule has 0 aromatic heterocycles. The lowest BCUT2D eigenvalue weighted by Crippen LogP contribution is -2.30. The molecule has 19 heteroatoms. The molecule has 0 aromatic carbocycles. The van der Waals surface area contributed by atoms with Crippen LogP contribution in [-0.4, -0.2) is 96.7 Å². The van der Waals surface area contributed by atoms with E-state index in [2.05, 4.69) is 72.8 Å². The molecule has 0 aliphatic heterocycles. The first-order valence-electron chi connectivity index (χ1n) is 39.7. The molecule has 0 heterocycles. The highest BCUT2D eigenvalue weighted by Crippen LogP contribution is 2.45. The Hall–Kier alpha value is -2.46. The molecule has 6 atom stereocenters. The number of ether oxygens (including phenoxy) is 4. The molecule has 0 radical (unpaired) electrons. The standard InChI is InChI=1S/C78H148O17P2/c1-8-10-11-12-13-14-15-16-17-20-23-31-38-45-52-59-75(80)88-65-73(94-77(82)61-54-47-40-32-24-21-18-19-22-28-35-42-49-56-69(3)4)67-92-96(84,85)90-63-72(79)64-91-97(86,87)93-68-74(66-89-76(81)60-53-46-39-34-27-29-36-43-50-57-70(5)6)95-78(83)62-55-48-41-33-26-25-30-37-44-51-58-71(7)9-2/h14-17,69-74,79H,8-13,18-68H2,1-7H3,(H,84,85)(H,86,87)/b15-14-,17-16-/t71?,72-,73-,74-/m1/s1. The molecule has 0 saturated heterocycles. The predicted molar refractivity (Wildman–Crippen MR) is 395 cm³/mol. The summed E-state index contributed by atoms with van der Waals surface area (Å²) < 4.78 is 68.6. The van der Waals surface area contributed by atoms with Gasteiger partial charge in [-0.05, 0) is 69.1 Å². The lowest BCUT2D eigenvalue weighted by molar-refractivity contribution is -0.161. The summed E-state index contributed by atoms with van der Waals surface area (Å²) in [7, 11) is -9.93. The van der Waals surface area contributed by atoms with E-state index < -0.39 is 97.5 Å². The fraction of sp³-hybridized carbons (Fsp3) is 0.897. The summed E-state index contributed by atoms with van der Waals surface area (Å²) in [4.78, 5) is 72.9. The van der Waals surface area contributed by atoms with Gasteiger partial charge in [-0.3, -0.25) is 37.3 Å². The Bertz CT molecular complexity index is 1980. The molecule has 0 bridgehead atoms. The predicted octanol–water partition coefficient (Wildman–Crippen LogP) is 22.5. The van der Waals surface area contributed by atoms with Crippen LogP contribution in [0.3, 0.4) is 0 Å². The maximum Gasteiger partial charge on any atom is 0.472 e. The third-order valence-electron chi connectivity index (χ3n) is 17.9. The maximum atomic E-state index is 13.1. The van der Waals surface area contributed by atoms with Gasteiger partial charge < -0.3 is 33.8 Å². The lowest BCUT2D eigenvalue weighted by Gasteiger charge is -2.21. The average Bonchev–Trinajstić information content (AvgIpc) is 1.20. The van der Waals surface area contributed by atoms with Crippen LogP contribution in [0.25, 0.3) is 0 Å². The molecule has 0 fully saturated rings. The largest absolute Gasteiger partial charge is 0.472 e. The number of carbonyl (C=O) groups is 4. The second-order valence-electron chi connectivity index (χ2n) is 28.6. The third kappa shape index (κ3) is 70.4. The Morgan fingerprint density at radius 3 is 0.918 bits per heavy atom. The van der Waals surface area contributed by atoms with Crippen LogP contribution in [0.4, 0.5) is 0 Å². The SMILES string of the molecule is CCCCCC/C=C\C=C/CCCCCCCC(=O)OC[C@H](COP(=O)(O)OC[C@@H](O)COP(=O)(O)OC[C@@H](COC(=O)CCCCCCCCCCCC(C)C)OC(=O)CCCCCCCCCCCCC(C)CC)OC(=O)CCCCCCCCCCCCCCCC(C)C. The Balaban J connectivity index is 5.31. The van der Waals surface area contributed by atoms with E-state index in [4.69, 9.17) is 37.0 Å². The molecular weight excluding hydrogens is 1270 g/mol. The number of aliphatic hydroxyl groups excluding tert-OH is 1. The van der Waals surface area contributed by atoms with Crippen molar-refractivity contribution in [3.05, 3.63) is 24.3 Å². The third-order valence-corrected chi connectivity index (χ3v) is 19.8. The average molecular weight is 1420 g/mol. The summed E-state index contributed by atoms with van der Waals surface area (Å²) in [5.74, 6) is 0.183. The highest BCUT2D eigenvalue weighted by molar-refractivity contribution is 7.47. The van der Waals surface area contributed by atoms with Gasteiger partial charge in [-0.1, -0.05) is 323 Å². The number of phosphoric ester groups is 2. The fourth-order valence-corrected chi connectivity index (χ4v) is 13.0. The van der Waals surface area contributed by atoms with Gasteiger partial charge in [0.15, 0.2) is 12.2 Å². The molecule has 3 unspecified atom stereocenters. The van der Waals surface area contributed by atoms with E-state index in [1.165, 1.54) is 167 Å². The van der Waals surface area contributed by atoms with Crippen molar-refractivity contribution in [2.75, 3.05) is 39.6 Å². The van der Waals surface area contributed by atoms with Gasteiger partial charge in [-0.25, -0.2) is 9.13 Å². The van der Waals surface area contributed by atoms with E-state index in [1.54, 1.807) is 0 Å². The number of allylic oxidation sites excluding steroid dienone is 4. The number of hydrogen-bond acceptors (Lipinski definition) is 15. The van der Waals surface area contributed by atoms with Crippen molar-refractivity contribution < 1.29 is 80.2 Å². The molecule has 0 amide bonds. The summed E-state index contributed by atoms with van der Waals surface area (Å²) in [6, 6.07) is 0. The Labute approximate surface area is 592 Å². The van der Waals surface area contributed by atoms with Crippen molar-refractivity contribution in [2.45, 2.75) is 394 Å². The number of phosphoric acid groups is 2. The van der Waals surface area contributed by atoms with E-state index in [1.807, 2.05) is 0 Å². The minimum atomic E-state index is -4.97. The molecule has 0 aliphatic rings. The van der Waals surface area contributed by atoms with Crippen molar-refractivity contribution >= 4 is 39.5 Å². The molecule has 0 saturated carbocycles. The second kappa shape index (κ2) is 68.0. The van der Waals surface area contributed by atoms with Crippen molar-refractivity contribution in [3.63, 3.8) is 0 Å². The van der Waals surface area contributed by atoms with Gasteiger partial charge in [0.2, 0.25) is 0 Å². The minimum Gasteiger partial charge on any atom is -0.462 e. The second-order valence-corrected chi connectivity index (χ2v) is 31.5. The molecule has 572 valence electrons. The molecule has 3 N–H and O–H groups in total. The smallest absolute Gasteiger partial charge is 0.462 e. The van der Waals surface area contributed by atoms with Crippen LogP contribution in [0, 0.1) is 17.8 Å². The summed E-state index contributed by atoms with van der Waals surface area (Å²) in [5.41, 5.74) is 0. The van der Waals surface area contributed by atoms with E-state index in [9.17, 15) is 43.2 Å². The Morgan fingerprint density at radius 1 is 0.340 bits per heavy atom. The van der Waals surface area contributed by atoms with Gasteiger partial charge in [0, 0.05) is 25.7 Å². The number of esters is 4. The quantitative estimate of drug-likeness (QED) is 0.0169. The monoisotopic (exact) mass is 1420 g/mol. The first-order valence-corrected chi connectivity index (χ1v) is 42.7. The van der Waals surface area contributed by atoms with E-state index in [0.717, 1.165) is 127 Å². The van der Waals surface area contributed by atoms with Crippen LogP contribution in [0.5, 0.6) is 0 Å². The topological polar surface area (TPSA) is 237 Å². The molecule has 97 heavy (non-hydrogen) atoms. The highest BCUT2D eigenvalue weighted by Gasteiger charge is 2.30. The first-order chi connectivity index (χ1) is 46.8. The number of rotatable bonds is 74. The number of aliphatic hydroxyl groups is 1. The normalized spacial score (nSPS) is 14.5. The van der Waals surface area contributed by atoms with Crippen LogP contribution in [0.2, 0.25) is 0 Å². The Kier molecular flexibility index (Phi) is 66.3. The van der Waals surface area contributed by atoms with Crippen molar-refractivity contribution in [3.8, 4) is 0 Å².